The van der Waals surface area contributed by atoms with E-state index in [1.54, 1.807) is 82.6 Å². The second kappa shape index (κ2) is 26.0. The molecule has 0 saturated carbocycles. The minimum Gasteiger partial charge on any atom is -0.497 e. The van der Waals surface area contributed by atoms with Crippen LogP contribution in [0.2, 0.25) is 0 Å². The molecule has 4 N–H and O–H groups in total. The highest BCUT2D eigenvalue weighted by Gasteiger charge is 2.30. The van der Waals surface area contributed by atoms with Crippen molar-refractivity contribution in [3.8, 4) is 45.5 Å². The topological polar surface area (TPSA) is 271 Å². The highest BCUT2D eigenvalue weighted by Crippen LogP contribution is 2.36. The van der Waals surface area contributed by atoms with Gasteiger partial charge >= 0.3 is 6.09 Å². The number of ether oxygens (including phenoxy) is 8. The minimum atomic E-state index is -4.25. The molecule has 3 atom stereocenters. The molecule has 450 valence electrons. The summed E-state index contributed by atoms with van der Waals surface area (Å²) in [6.45, 7) is 9.88. The summed E-state index contributed by atoms with van der Waals surface area (Å²) in [5, 5.41) is 16.2. The van der Waals surface area contributed by atoms with E-state index in [4.69, 9.17) is 42.9 Å². The molecular weight excluding hydrogens is 1150 g/mol. The molecule has 3 saturated heterocycles. The number of aromatic nitrogens is 6. The number of nitrogens with zero attached hydrogens (tertiary/aromatic N) is 6. The van der Waals surface area contributed by atoms with Crippen LogP contribution >= 0.6 is 0 Å². The van der Waals surface area contributed by atoms with Crippen molar-refractivity contribution in [3.05, 3.63) is 121 Å². The summed E-state index contributed by atoms with van der Waals surface area (Å²) in [4.78, 5) is 22.8. The summed E-state index contributed by atoms with van der Waals surface area (Å²) in [6.07, 6.45) is 4.98. The Morgan fingerprint density at radius 2 is 1.29 bits per heavy atom. The second-order valence-electron chi connectivity index (χ2n) is 21.0. The van der Waals surface area contributed by atoms with Crippen LogP contribution in [0.3, 0.4) is 0 Å². The van der Waals surface area contributed by atoms with Gasteiger partial charge in [0.15, 0.2) is 17.5 Å². The Labute approximate surface area is 489 Å². The molecule has 4 aromatic carbocycles. The first-order chi connectivity index (χ1) is 40.8. The maximum absolute atomic E-state index is 14.4. The van der Waals surface area contributed by atoms with Crippen LogP contribution in [0.4, 0.5) is 25.0 Å². The smallest absolute Gasteiger partial charge is 0.410 e. The zero-order valence-corrected chi connectivity index (χ0v) is 48.8. The Kier molecular flexibility index (Phi) is 18.3. The Hall–Kier alpha value is -8.21. The normalized spacial score (nSPS) is 17.6. The van der Waals surface area contributed by atoms with Crippen molar-refractivity contribution < 1.29 is 68.3 Å². The van der Waals surface area contributed by atoms with Gasteiger partial charge in [-0.1, -0.05) is 24.3 Å². The van der Waals surface area contributed by atoms with Gasteiger partial charge in [-0.05, 0) is 88.6 Å². The number of hydrogen-bond donors (Lipinski definition) is 4. The number of benzene rings is 4. The minimum absolute atomic E-state index is 0.0564. The molecule has 8 aromatic rings. The van der Waals surface area contributed by atoms with Crippen molar-refractivity contribution in [1.29, 1.82) is 0 Å². The Balaban J connectivity index is 0.000000198. The highest BCUT2D eigenvalue weighted by atomic mass is 32.2. The lowest BCUT2D eigenvalue weighted by atomic mass is 10.1. The van der Waals surface area contributed by atoms with Gasteiger partial charge in [-0.2, -0.15) is 10.2 Å². The van der Waals surface area contributed by atoms with Gasteiger partial charge in [-0.15, -0.1) is 0 Å². The summed E-state index contributed by atoms with van der Waals surface area (Å²) < 4.78 is 132. The summed E-state index contributed by atoms with van der Waals surface area (Å²) in [5.41, 5.74) is 3.56. The molecule has 3 fully saturated rings. The van der Waals surface area contributed by atoms with E-state index in [9.17, 15) is 30.4 Å². The van der Waals surface area contributed by atoms with E-state index < -0.39 is 59.3 Å². The third kappa shape index (κ3) is 14.7. The number of halogens is 2. The van der Waals surface area contributed by atoms with Gasteiger partial charge in [0, 0.05) is 73.0 Å². The third-order valence-electron chi connectivity index (χ3n) is 13.7. The molecule has 3 aliphatic rings. The fourth-order valence-electron chi connectivity index (χ4n) is 9.43. The molecule has 0 radical (unpaired) electrons. The zero-order chi connectivity index (χ0) is 59.9. The van der Waals surface area contributed by atoms with Crippen molar-refractivity contribution in [2.45, 2.75) is 73.9 Å². The molecule has 0 bridgehead atoms. The van der Waals surface area contributed by atoms with Crippen LogP contribution < -0.4 is 33.7 Å². The van der Waals surface area contributed by atoms with Crippen molar-refractivity contribution in [2.24, 2.45) is 0 Å². The number of amides is 1. The van der Waals surface area contributed by atoms with Crippen LogP contribution in [0, 0.1) is 11.6 Å². The molecule has 23 nitrogen and oxygen atoms in total. The second-order valence-corrected chi connectivity index (χ2v) is 24.3. The van der Waals surface area contributed by atoms with E-state index >= 15 is 0 Å². The van der Waals surface area contributed by atoms with Crippen LogP contribution in [0.5, 0.6) is 23.0 Å². The van der Waals surface area contributed by atoms with Gasteiger partial charge in [0.2, 0.25) is 0 Å². The lowest BCUT2D eigenvalue weighted by molar-refractivity contribution is -0.0555. The average Bonchev–Trinajstić information content (AvgIpc) is 3.47. The number of pyridine rings is 2. The van der Waals surface area contributed by atoms with E-state index in [2.05, 4.69) is 35.0 Å². The summed E-state index contributed by atoms with van der Waals surface area (Å²) in [7, 11) is -5.67. The number of aromatic amines is 1. The molecule has 3 unspecified atom stereocenters. The van der Waals surface area contributed by atoms with E-state index in [0.29, 0.717) is 91.2 Å². The zero-order valence-electron chi connectivity index (χ0n) is 47.2. The Bertz CT molecular complexity index is 3870. The van der Waals surface area contributed by atoms with Crippen molar-refractivity contribution in [3.63, 3.8) is 0 Å². The predicted octanol–water partition coefficient (Wildman–Crippen LogP) is 8.70. The maximum Gasteiger partial charge on any atom is 0.410 e. The molecule has 7 heterocycles. The van der Waals surface area contributed by atoms with E-state index in [1.165, 1.54) is 26.4 Å². The summed E-state index contributed by atoms with van der Waals surface area (Å²) in [5.74, 6) is -0.209. The molecule has 3 aliphatic heterocycles. The largest absolute Gasteiger partial charge is 0.497 e. The third-order valence-corrected chi connectivity index (χ3v) is 16.5. The molecule has 85 heavy (non-hydrogen) atoms. The van der Waals surface area contributed by atoms with Crippen molar-refractivity contribution >= 4 is 59.6 Å². The van der Waals surface area contributed by atoms with Gasteiger partial charge < -0.3 is 48.1 Å². The number of rotatable bonds is 17. The van der Waals surface area contributed by atoms with Crippen molar-refractivity contribution in [1.82, 2.24) is 40.2 Å². The number of morpholine rings is 2. The molecule has 1 amide bonds. The lowest BCUT2D eigenvalue weighted by Gasteiger charge is -2.34. The highest BCUT2D eigenvalue weighted by molar-refractivity contribution is 7.93. The first-order valence-electron chi connectivity index (χ1n) is 27.3. The number of carbonyl (C=O) groups excluding carboxylic acids is 1. The number of H-pyrrole nitrogens is 1. The first kappa shape index (κ1) is 59.9. The summed E-state index contributed by atoms with van der Waals surface area (Å²) in [6, 6.07) is 23.8. The van der Waals surface area contributed by atoms with Crippen LogP contribution in [-0.2, 0) is 39.0 Å². The molecule has 0 aliphatic carbocycles. The Morgan fingerprint density at radius 3 is 1.86 bits per heavy atom. The van der Waals surface area contributed by atoms with Gasteiger partial charge in [0.05, 0.1) is 68.5 Å². The van der Waals surface area contributed by atoms with Gasteiger partial charge in [-0.25, -0.2) is 45.1 Å². The fourth-order valence-corrected chi connectivity index (χ4v) is 11.7. The number of anilines is 2. The van der Waals surface area contributed by atoms with E-state index in [1.807, 2.05) is 20.8 Å². The molecular formula is C58H64F2N10O13S2. The molecule has 27 heteroatoms. The van der Waals surface area contributed by atoms with Gasteiger partial charge in [0.25, 0.3) is 20.0 Å². The monoisotopic (exact) mass is 1210 g/mol. The van der Waals surface area contributed by atoms with Crippen LogP contribution in [0.25, 0.3) is 44.6 Å². The van der Waals surface area contributed by atoms with Gasteiger partial charge in [0.1, 0.15) is 75.4 Å². The molecule has 4 aromatic heterocycles. The molecule has 11 rings (SSSR count). The van der Waals surface area contributed by atoms with E-state index in [0.717, 1.165) is 61.0 Å². The van der Waals surface area contributed by atoms with Crippen LogP contribution in [0.15, 0.2) is 119 Å². The number of nitrogens with one attached hydrogen (secondary N) is 4. The SMILES string of the molecule is COc1ccc(F)c(S(=O)(=O)Nc2ccc(-c3cc(OCC4CN(C(=O)OC(C)(C)C)CCO4)c4cnn(C5CCCCO5)c4n3)cc2)c1.COc1ccc(F)c(S(=O)(=O)Nc2ccc(-c3cc(OCC4CNCCO4)c4cn[nH]c4n3)cc2)c1. The number of methoxy groups -OCH3 is 2. The quantitative estimate of drug-likeness (QED) is 0.0663. The lowest BCUT2D eigenvalue weighted by Crippen LogP contribution is -2.49. The number of carbonyl (C=O) groups is 1. The fraction of sp³-hybridized carbons (Fsp3) is 0.362. The maximum atomic E-state index is 14.4. The van der Waals surface area contributed by atoms with Crippen molar-refractivity contribution in [2.75, 3.05) is 82.9 Å². The Morgan fingerprint density at radius 1 is 0.706 bits per heavy atom. The van der Waals surface area contributed by atoms with Crippen LogP contribution in [-0.4, -0.2) is 149 Å². The summed E-state index contributed by atoms with van der Waals surface area (Å²) >= 11 is 0. The van der Waals surface area contributed by atoms with Crippen LogP contribution in [0.1, 0.15) is 46.3 Å². The number of fused-ring (bicyclic) bond motifs is 2. The number of hydrogen-bond acceptors (Lipinski definition) is 18. The predicted molar refractivity (Wildman–Crippen MR) is 310 cm³/mol. The average molecular weight is 1210 g/mol. The standard InChI is InChI=1S/C34H40FN5O8S.C24H24FN5O5S/c1-34(2,3)48-33(41)39-14-16-45-25(20-39)21-47-29-18-28(37-32-26(29)19-36-40(32)31-7-5-6-15-46-31)22-8-10-23(11-9-22)38-49(42,43)30-17-24(44-4)12-13-27(30)35;1-33-17-6-7-20(25)23(10-17)36(31,32)30-16-4-2-15(3-5-16)21-11-22(19-13-27-29-24(19)28-21)35-14-18-12-26-8-9-34-18/h8-13,17-19,25,31,38H,5-7,14-16,20-21H2,1-4H3;2-7,10-11,13,18,26,30H,8-9,12,14H2,1H3,(H,27,28,29). The number of sulfonamides is 2. The molecule has 0 spiro atoms. The van der Waals surface area contributed by atoms with Gasteiger partial charge in [-0.3, -0.25) is 14.5 Å². The van der Waals surface area contributed by atoms with E-state index in [-0.39, 0.29) is 41.8 Å². The first-order valence-corrected chi connectivity index (χ1v) is 30.2.